The number of rotatable bonds is 5. The van der Waals surface area contributed by atoms with Crippen molar-refractivity contribution in [2.45, 2.75) is 44.9 Å². The molecule has 0 aliphatic carbocycles. The molecule has 1 saturated heterocycles. The van der Waals surface area contributed by atoms with Crippen LogP contribution < -0.4 is 0 Å². The zero-order chi connectivity index (χ0) is 26.9. The molecule has 0 saturated carbocycles. The minimum atomic E-state index is -1.56. The highest BCUT2D eigenvalue weighted by atomic mass is 28.3. The fourth-order valence-corrected chi connectivity index (χ4v) is 5.84. The maximum absolute atomic E-state index is 13.6. The van der Waals surface area contributed by atoms with Gasteiger partial charge in [0, 0.05) is 18.3 Å². The zero-order valence-electron chi connectivity index (χ0n) is 22.4. The van der Waals surface area contributed by atoms with Crippen LogP contribution in [0.25, 0.3) is 21.5 Å². The molecule has 1 heterocycles. The number of imide groups is 1. The Morgan fingerprint density at radius 2 is 1.42 bits per heavy atom. The maximum atomic E-state index is 13.6. The van der Waals surface area contributed by atoms with Gasteiger partial charge in [-0.15, -0.1) is 11.5 Å². The molecule has 38 heavy (non-hydrogen) atoms. The van der Waals surface area contributed by atoms with E-state index in [1.807, 2.05) is 31.2 Å². The summed E-state index contributed by atoms with van der Waals surface area (Å²) >= 11 is 0. The molecule has 2 atom stereocenters. The predicted octanol–water partition coefficient (Wildman–Crippen LogP) is 7.38. The van der Waals surface area contributed by atoms with Gasteiger partial charge in [-0.1, -0.05) is 111 Å². The van der Waals surface area contributed by atoms with Crippen LogP contribution in [0.1, 0.15) is 30.4 Å². The molecule has 0 spiro atoms. The first-order valence-electron chi connectivity index (χ1n) is 13.2. The first kappa shape index (κ1) is 25.8. The van der Waals surface area contributed by atoms with Gasteiger partial charge in [0.05, 0.1) is 6.04 Å². The van der Waals surface area contributed by atoms with Crippen molar-refractivity contribution >= 4 is 41.6 Å². The Bertz CT molecular complexity index is 1500. The third kappa shape index (κ3) is 5.51. The Labute approximate surface area is 225 Å². The Morgan fingerprint density at radius 1 is 0.895 bits per heavy atom. The van der Waals surface area contributed by atoms with Crippen LogP contribution in [0.4, 0.5) is 4.79 Å². The number of carbonyl (C=O) groups excluding carboxylic acids is 2. The van der Waals surface area contributed by atoms with Crippen molar-refractivity contribution in [3.63, 3.8) is 0 Å². The van der Waals surface area contributed by atoms with Crippen molar-refractivity contribution in [2.75, 3.05) is 6.61 Å². The Morgan fingerprint density at radius 3 is 1.95 bits per heavy atom. The molecule has 5 rings (SSSR count). The van der Waals surface area contributed by atoms with E-state index in [4.69, 9.17) is 4.74 Å². The molecule has 0 N–H and O–H groups in total. The number of hydrogen-bond donors (Lipinski definition) is 0. The second-order valence-corrected chi connectivity index (χ2v) is 16.0. The highest BCUT2D eigenvalue weighted by Gasteiger charge is 2.43. The summed E-state index contributed by atoms with van der Waals surface area (Å²) in [4.78, 5) is 27.9. The smallest absolute Gasteiger partial charge is 0.417 e. The first-order valence-corrected chi connectivity index (χ1v) is 16.7. The van der Waals surface area contributed by atoms with Gasteiger partial charge in [0.2, 0.25) is 5.91 Å². The summed E-state index contributed by atoms with van der Waals surface area (Å²) in [6.45, 7) is 8.65. The van der Waals surface area contributed by atoms with E-state index < -0.39 is 20.2 Å². The van der Waals surface area contributed by atoms with E-state index >= 15 is 0 Å². The topological polar surface area (TPSA) is 46.6 Å². The van der Waals surface area contributed by atoms with Crippen molar-refractivity contribution < 1.29 is 14.3 Å². The SMILES string of the molecule is C[C@H](C#C[Si](C)(C)C)CC(=O)N1C(=O)OC[C@@H]1C(c1ccc2ccccc2c1)c1ccc2ccccc2c1. The zero-order valence-corrected chi connectivity index (χ0v) is 23.4. The summed E-state index contributed by atoms with van der Waals surface area (Å²) in [7, 11) is -1.56. The van der Waals surface area contributed by atoms with Gasteiger partial charge in [-0.2, -0.15) is 0 Å². The van der Waals surface area contributed by atoms with E-state index in [2.05, 4.69) is 91.8 Å². The van der Waals surface area contributed by atoms with Crippen molar-refractivity contribution in [1.82, 2.24) is 4.90 Å². The van der Waals surface area contributed by atoms with Crippen molar-refractivity contribution in [3.05, 3.63) is 96.1 Å². The van der Waals surface area contributed by atoms with Gasteiger partial charge in [0.1, 0.15) is 14.7 Å². The quantitative estimate of drug-likeness (QED) is 0.204. The second-order valence-electron chi connectivity index (χ2n) is 11.2. The van der Waals surface area contributed by atoms with Crippen LogP contribution in [0, 0.1) is 17.4 Å². The fourth-order valence-electron chi connectivity index (χ4n) is 5.16. The normalized spacial score (nSPS) is 16.4. The van der Waals surface area contributed by atoms with E-state index in [1.165, 1.54) is 4.90 Å². The van der Waals surface area contributed by atoms with Gasteiger partial charge in [-0.3, -0.25) is 4.79 Å². The third-order valence-corrected chi connectivity index (χ3v) is 7.89. The van der Waals surface area contributed by atoms with Crippen LogP contribution >= 0.6 is 0 Å². The molecule has 0 aromatic heterocycles. The largest absolute Gasteiger partial charge is 0.447 e. The molecular weight excluding hydrogens is 486 g/mol. The molecule has 2 amide bonds. The first-order chi connectivity index (χ1) is 18.2. The summed E-state index contributed by atoms with van der Waals surface area (Å²) in [5.41, 5.74) is 5.45. The van der Waals surface area contributed by atoms with Gasteiger partial charge in [-0.05, 0) is 32.7 Å². The molecule has 1 fully saturated rings. The summed E-state index contributed by atoms with van der Waals surface area (Å²) in [5.74, 6) is 2.65. The van der Waals surface area contributed by atoms with Crippen molar-refractivity contribution in [1.29, 1.82) is 0 Å². The van der Waals surface area contributed by atoms with E-state index in [1.54, 1.807) is 0 Å². The van der Waals surface area contributed by atoms with E-state index in [9.17, 15) is 9.59 Å². The fraction of sp³-hybridized carbons (Fsp3) is 0.273. The second kappa shape index (κ2) is 10.5. The predicted molar refractivity (Wildman–Crippen MR) is 157 cm³/mol. The number of ether oxygens (including phenoxy) is 1. The number of hydrogen-bond acceptors (Lipinski definition) is 3. The maximum Gasteiger partial charge on any atom is 0.417 e. The molecule has 4 nitrogen and oxygen atoms in total. The molecule has 192 valence electrons. The third-order valence-electron chi connectivity index (χ3n) is 7.00. The molecule has 0 unspecified atom stereocenters. The lowest BCUT2D eigenvalue weighted by atomic mass is 9.83. The number of benzene rings is 4. The molecule has 5 heteroatoms. The number of amides is 2. The van der Waals surface area contributed by atoms with Gasteiger partial charge < -0.3 is 4.74 Å². The number of fused-ring (bicyclic) bond motifs is 2. The van der Waals surface area contributed by atoms with Gasteiger partial charge in [0.15, 0.2) is 0 Å². The Kier molecular flexibility index (Phi) is 7.10. The minimum Gasteiger partial charge on any atom is -0.447 e. The summed E-state index contributed by atoms with van der Waals surface area (Å²) in [6, 6.07) is 28.8. The molecule has 0 radical (unpaired) electrons. The molecule has 1 aliphatic heterocycles. The molecular formula is C33H33NO3Si. The highest BCUT2D eigenvalue weighted by Crippen LogP contribution is 2.37. The lowest BCUT2D eigenvalue weighted by Gasteiger charge is -2.29. The lowest BCUT2D eigenvalue weighted by Crippen LogP contribution is -2.43. The number of nitrogens with zero attached hydrogens (tertiary/aromatic N) is 1. The average Bonchev–Trinajstić information content (AvgIpc) is 3.28. The van der Waals surface area contributed by atoms with E-state index in [0.717, 1.165) is 32.7 Å². The van der Waals surface area contributed by atoms with Crippen LogP contribution in [-0.2, 0) is 9.53 Å². The van der Waals surface area contributed by atoms with Crippen LogP contribution in [-0.4, -0.2) is 37.6 Å². The average molecular weight is 520 g/mol. The van der Waals surface area contributed by atoms with Crippen molar-refractivity contribution in [3.8, 4) is 11.5 Å². The number of cyclic esters (lactones) is 1. The minimum absolute atomic E-state index is 0.136. The Balaban J connectivity index is 1.56. The summed E-state index contributed by atoms with van der Waals surface area (Å²) < 4.78 is 5.53. The van der Waals surface area contributed by atoms with Crippen LogP contribution in [0.2, 0.25) is 19.6 Å². The van der Waals surface area contributed by atoms with Crippen LogP contribution in [0.5, 0.6) is 0 Å². The molecule has 4 aromatic carbocycles. The standard InChI is InChI=1S/C33H33NO3Si/c1-23(17-18-38(2,3)4)19-31(35)34-30(22-37-33(34)36)32(28-15-13-24-9-5-7-11-26(24)20-28)29-16-14-25-10-6-8-12-27(25)21-29/h5-16,20-21,23,30,32H,19,22H2,1-4H3/t23-,30-/m1/s1. The van der Waals surface area contributed by atoms with Crippen LogP contribution in [0.3, 0.4) is 0 Å². The monoisotopic (exact) mass is 519 g/mol. The lowest BCUT2D eigenvalue weighted by molar-refractivity contribution is -0.129. The summed E-state index contributed by atoms with van der Waals surface area (Å²) in [6.07, 6.45) is -0.387. The van der Waals surface area contributed by atoms with Crippen LogP contribution in [0.15, 0.2) is 84.9 Å². The molecule has 0 bridgehead atoms. The summed E-state index contributed by atoms with van der Waals surface area (Å²) in [5, 5.41) is 4.54. The van der Waals surface area contributed by atoms with Gasteiger partial charge in [-0.25, -0.2) is 9.69 Å². The Hall–Kier alpha value is -3.88. The van der Waals surface area contributed by atoms with Gasteiger partial charge >= 0.3 is 6.09 Å². The molecule has 1 aliphatic rings. The van der Waals surface area contributed by atoms with Gasteiger partial charge in [0.25, 0.3) is 0 Å². The van der Waals surface area contributed by atoms with E-state index in [-0.39, 0.29) is 30.8 Å². The molecule has 4 aromatic rings. The van der Waals surface area contributed by atoms with E-state index in [0.29, 0.717) is 0 Å². The number of carbonyl (C=O) groups is 2. The van der Waals surface area contributed by atoms with Crippen molar-refractivity contribution in [2.24, 2.45) is 5.92 Å². The highest BCUT2D eigenvalue weighted by molar-refractivity contribution is 6.83.